The molecule has 1 unspecified atom stereocenters. The largest absolute Gasteiger partial charge is 0.304 e. The van der Waals surface area contributed by atoms with Crippen molar-refractivity contribution < 1.29 is 9.36 Å². The molecular weight excluding hydrogens is 417 g/mol. The lowest BCUT2D eigenvalue weighted by Gasteiger charge is -2.35. The molecule has 162 valence electrons. The molecule has 6 heteroatoms. The van der Waals surface area contributed by atoms with Crippen molar-refractivity contribution >= 4 is 30.4 Å². The Morgan fingerprint density at radius 3 is 1.78 bits per heavy atom. The van der Waals surface area contributed by atoms with E-state index >= 15 is 4.57 Å². The summed E-state index contributed by atoms with van der Waals surface area (Å²) in [5.74, 6) is -0.147. The van der Waals surface area contributed by atoms with Gasteiger partial charge in [-0.05, 0) is 43.3 Å². The zero-order valence-corrected chi connectivity index (χ0v) is 19.0. The van der Waals surface area contributed by atoms with Crippen LogP contribution in [-0.2, 0) is 9.36 Å². The van der Waals surface area contributed by atoms with Gasteiger partial charge in [0.25, 0.3) is 7.44 Å². The molecule has 2 heterocycles. The van der Waals surface area contributed by atoms with Crippen LogP contribution in [0.2, 0.25) is 0 Å². The van der Waals surface area contributed by atoms with E-state index in [0.717, 1.165) is 22.6 Å². The second-order valence-electron chi connectivity index (χ2n) is 8.30. The minimum Gasteiger partial charge on any atom is -0.304 e. The number of aryl methyl sites for hydroxylation is 1. The van der Waals surface area contributed by atoms with Gasteiger partial charge in [-0.25, -0.2) is 0 Å². The highest BCUT2D eigenvalue weighted by molar-refractivity contribution is 7.69. The molecule has 2 aliphatic heterocycles. The first-order chi connectivity index (χ1) is 15.5. The van der Waals surface area contributed by atoms with Gasteiger partial charge in [0, 0.05) is 42.3 Å². The van der Waals surface area contributed by atoms with Crippen molar-refractivity contribution in [3.05, 3.63) is 103 Å². The molecule has 32 heavy (non-hydrogen) atoms. The number of para-hydroxylation sites is 2. The van der Waals surface area contributed by atoms with Crippen molar-refractivity contribution in [1.29, 1.82) is 0 Å². The van der Waals surface area contributed by atoms with Crippen molar-refractivity contribution in [2.45, 2.75) is 19.0 Å². The van der Waals surface area contributed by atoms with Crippen LogP contribution in [0.4, 0.5) is 17.1 Å². The minimum atomic E-state index is -3.33. The fourth-order valence-electron chi connectivity index (χ4n) is 4.71. The normalized spacial score (nSPS) is 20.3. The summed E-state index contributed by atoms with van der Waals surface area (Å²) in [6.07, 6.45) is 0.372. The summed E-state index contributed by atoms with van der Waals surface area (Å²) < 4.78 is 18.9. The predicted molar refractivity (Wildman–Crippen MR) is 131 cm³/mol. The van der Waals surface area contributed by atoms with Gasteiger partial charge in [0.05, 0.1) is 0 Å². The monoisotopic (exact) mass is 443 g/mol. The van der Waals surface area contributed by atoms with E-state index in [2.05, 4.69) is 6.58 Å². The standard InChI is InChI=1S/C26H26N3O2P/c1-20-13-15-24(16-14-20)29-21(2)19-25(26(29)30)32(31)27(22-9-5-3-6-10-22)17-18-28(32)23-11-7-4-8-12-23/h3-16,25H,2,17-19H2,1H3. The number of amides is 1. The lowest BCUT2D eigenvalue weighted by atomic mass is 10.2. The van der Waals surface area contributed by atoms with E-state index in [9.17, 15) is 4.79 Å². The van der Waals surface area contributed by atoms with Gasteiger partial charge in [0.1, 0.15) is 5.66 Å². The Labute approximate surface area is 189 Å². The number of carbonyl (C=O) groups is 1. The summed E-state index contributed by atoms with van der Waals surface area (Å²) in [4.78, 5) is 15.4. The summed E-state index contributed by atoms with van der Waals surface area (Å²) in [7, 11) is -3.33. The van der Waals surface area contributed by atoms with Crippen molar-refractivity contribution in [2.75, 3.05) is 27.3 Å². The molecule has 1 amide bonds. The maximum Gasteiger partial charge on any atom is 0.275 e. The highest BCUT2D eigenvalue weighted by Gasteiger charge is 2.56. The lowest BCUT2D eigenvalue weighted by Crippen LogP contribution is -2.35. The van der Waals surface area contributed by atoms with Gasteiger partial charge in [-0.3, -0.25) is 14.3 Å². The van der Waals surface area contributed by atoms with E-state index in [1.165, 1.54) is 0 Å². The highest BCUT2D eigenvalue weighted by atomic mass is 31.2. The fourth-order valence-corrected chi connectivity index (χ4v) is 8.17. The molecule has 5 rings (SSSR count). The third kappa shape index (κ3) is 3.25. The first-order valence-corrected chi connectivity index (χ1v) is 12.5. The molecule has 0 bridgehead atoms. The third-order valence-corrected chi connectivity index (χ3v) is 9.73. The first-order valence-electron chi connectivity index (χ1n) is 10.8. The minimum absolute atomic E-state index is 0.147. The van der Waals surface area contributed by atoms with Gasteiger partial charge < -0.3 is 9.34 Å². The molecule has 2 aliphatic rings. The zero-order valence-electron chi connectivity index (χ0n) is 18.1. The van der Waals surface area contributed by atoms with Crippen LogP contribution in [0.25, 0.3) is 0 Å². The van der Waals surface area contributed by atoms with Crippen LogP contribution in [0.1, 0.15) is 12.0 Å². The number of nitrogens with zero attached hydrogens (tertiary/aromatic N) is 3. The van der Waals surface area contributed by atoms with E-state index < -0.39 is 13.1 Å². The summed E-state index contributed by atoms with van der Waals surface area (Å²) in [5, 5.41) is 0. The van der Waals surface area contributed by atoms with Crippen molar-refractivity contribution in [2.24, 2.45) is 0 Å². The Kier molecular flexibility index (Phi) is 5.15. The Morgan fingerprint density at radius 2 is 1.28 bits per heavy atom. The van der Waals surface area contributed by atoms with E-state index in [0.29, 0.717) is 25.2 Å². The Balaban J connectivity index is 1.59. The maximum absolute atomic E-state index is 15.0. The van der Waals surface area contributed by atoms with E-state index in [1.807, 2.05) is 101 Å². The number of hydrogen-bond acceptors (Lipinski definition) is 2. The average Bonchev–Trinajstić information content (AvgIpc) is 3.32. The number of benzene rings is 3. The molecule has 3 aromatic rings. The van der Waals surface area contributed by atoms with Gasteiger partial charge in [0.2, 0.25) is 5.91 Å². The summed E-state index contributed by atoms with van der Waals surface area (Å²) >= 11 is 0. The lowest BCUT2D eigenvalue weighted by molar-refractivity contribution is -0.116. The fraction of sp³-hybridized carbons (Fsp3) is 0.192. The first kappa shape index (κ1) is 20.6. The molecule has 0 radical (unpaired) electrons. The smallest absolute Gasteiger partial charge is 0.275 e. The van der Waals surface area contributed by atoms with Crippen LogP contribution in [0.3, 0.4) is 0 Å². The molecule has 0 spiro atoms. The van der Waals surface area contributed by atoms with E-state index in [-0.39, 0.29) is 5.91 Å². The van der Waals surface area contributed by atoms with Gasteiger partial charge in [-0.15, -0.1) is 0 Å². The number of allylic oxidation sites excluding steroid dienone is 1. The second kappa shape index (κ2) is 7.99. The summed E-state index contributed by atoms with van der Waals surface area (Å²) in [6, 6.07) is 27.3. The molecule has 2 saturated heterocycles. The quantitative estimate of drug-likeness (QED) is 0.476. The van der Waals surface area contributed by atoms with E-state index in [1.54, 1.807) is 4.90 Å². The molecule has 0 aromatic heterocycles. The van der Waals surface area contributed by atoms with Gasteiger partial charge in [0.15, 0.2) is 0 Å². The maximum atomic E-state index is 15.0. The molecule has 5 nitrogen and oxygen atoms in total. The SMILES string of the molecule is C=C1CC(P2(=O)N(c3ccccc3)CCN2c2ccccc2)C(=O)N1c1ccc(C)cc1. The molecule has 0 N–H and O–H groups in total. The number of carbonyl (C=O) groups excluding carboxylic acids is 1. The van der Waals surface area contributed by atoms with Gasteiger partial charge >= 0.3 is 0 Å². The second-order valence-corrected chi connectivity index (χ2v) is 11.1. The Hall–Kier alpha value is -3.30. The molecule has 3 aromatic carbocycles. The molecule has 0 aliphatic carbocycles. The number of anilines is 3. The Morgan fingerprint density at radius 1 is 0.781 bits per heavy atom. The predicted octanol–water partition coefficient (Wildman–Crippen LogP) is 5.83. The van der Waals surface area contributed by atoms with Gasteiger partial charge in [-0.2, -0.15) is 0 Å². The highest BCUT2D eigenvalue weighted by Crippen LogP contribution is 2.66. The van der Waals surface area contributed by atoms with Crippen molar-refractivity contribution in [3.8, 4) is 0 Å². The third-order valence-electron chi connectivity index (χ3n) is 6.27. The zero-order chi connectivity index (χ0) is 22.3. The Bertz CT molecular complexity index is 1140. The molecular formula is C26H26N3O2P. The van der Waals surface area contributed by atoms with Crippen LogP contribution >= 0.6 is 7.44 Å². The van der Waals surface area contributed by atoms with Crippen LogP contribution < -0.4 is 14.2 Å². The van der Waals surface area contributed by atoms with Crippen LogP contribution in [0, 0.1) is 6.92 Å². The van der Waals surface area contributed by atoms with Crippen LogP contribution in [0.15, 0.2) is 97.2 Å². The van der Waals surface area contributed by atoms with E-state index in [4.69, 9.17) is 0 Å². The van der Waals surface area contributed by atoms with Gasteiger partial charge in [-0.1, -0.05) is 60.7 Å². The van der Waals surface area contributed by atoms with Crippen molar-refractivity contribution in [1.82, 2.24) is 0 Å². The van der Waals surface area contributed by atoms with Crippen LogP contribution in [-0.4, -0.2) is 24.7 Å². The van der Waals surface area contributed by atoms with Crippen LogP contribution in [0.5, 0.6) is 0 Å². The molecule has 2 fully saturated rings. The summed E-state index contributed by atoms with van der Waals surface area (Å²) in [5.41, 5.74) is 3.65. The topological polar surface area (TPSA) is 43.9 Å². The number of hydrogen-bond donors (Lipinski definition) is 0. The average molecular weight is 443 g/mol. The molecule has 1 atom stereocenters. The van der Waals surface area contributed by atoms with Crippen molar-refractivity contribution in [3.63, 3.8) is 0 Å². The molecule has 0 saturated carbocycles. The summed E-state index contributed by atoms with van der Waals surface area (Å²) in [6.45, 7) is 7.38. The number of rotatable bonds is 4.